The molecule has 1 aromatic heterocycles. The van der Waals surface area contributed by atoms with Crippen molar-refractivity contribution in [3.05, 3.63) is 29.5 Å². The molecule has 0 atom stereocenters. The number of nitrogens with zero attached hydrogens (tertiary/aromatic N) is 2. The van der Waals surface area contributed by atoms with Crippen molar-refractivity contribution in [1.82, 2.24) is 15.1 Å². The van der Waals surface area contributed by atoms with Gasteiger partial charge in [-0.05, 0) is 62.5 Å². The van der Waals surface area contributed by atoms with E-state index < -0.39 is 0 Å². The maximum atomic E-state index is 4.64. The monoisotopic (exact) mass is 283 g/mol. The summed E-state index contributed by atoms with van der Waals surface area (Å²) in [5.41, 5.74) is 4.00. The standard InChI is InChI=1S/C18H25N3/c1-12-3-10-16(17-11-21(2)20-18(12)17)13-4-6-14(7-5-13)19-15-8-9-15/h3,10-11,13-15,19H,4-9H2,1-2H3. The highest BCUT2D eigenvalue weighted by atomic mass is 15.2. The fourth-order valence-electron chi connectivity index (χ4n) is 3.88. The summed E-state index contributed by atoms with van der Waals surface area (Å²) < 4.78 is 1.96. The molecule has 1 N–H and O–H groups in total. The Morgan fingerprint density at radius 2 is 1.71 bits per heavy atom. The van der Waals surface area contributed by atoms with Gasteiger partial charge < -0.3 is 5.32 Å². The van der Waals surface area contributed by atoms with Crippen LogP contribution in [0.1, 0.15) is 55.6 Å². The molecular weight excluding hydrogens is 258 g/mol. The lowest BCUT2D eigenvalue weighted by Crippen LogP contribution is -2.34. The smallest absolute Gasteiger partial charge is 0.0955 e. The first-order valence-corrected chi connectivity index (χ1v) is 8.39. The molecule has 1 aromatic carbocycles. The summed E-state index contributed by atoms with van der Waals surface area (Å²) in [4.78, 5) is 0. The van der Waals surface area contributed by atoms with Gasteiger partial charge in [-0.2, -0.15) is 5.10 Å². The van der Waals surface area contributed by atoms with Crippen LogP contribution in [0.5, 0.6) is 0 Å². The van der Waals surface area contributed by atoms with E-state index in [-0.39, 0.29) is 0 Å². The Balaban J connectivity index is 1.55. The molecule has 21 heavy (non-hydrogen) atoms. The van der Waals surface area contributed by atoms with Crippen molar-refractivity contribution >= 4 is 10.9 Å². The zero-order chi connectivity index (χ0) is 14.4. The zero-order valence-corrected chi connectivity index (χ0v) is 13.1. The SMILES string of the molecule is Cc1ccc(C2CCC(NC3CC3)CC2)c2cn(C)nc12. The molecule has 2 saturated carbocycles. The number of benzene rings is 1. The lowest BCUT2D eigenvalue weighted by atomic mass is 9.80. The van der Waals surface area contributed by atoms with Crippen molar-refractivity contribution in [3.8, 4) is 0 Å². The quantitative estimate of drug-likeness (QED) is 0.931. The lowest BCUT2D eigenvalue weighted by molar-refractivity contribution is 0.342. The van der Waals surface area contributed by atoms with E-state index in [4.69, 9.17) is 0 Å². The number of aromatic nitrogens is 2. The van der Waals surface area contributed by atoms with E-state index in [1.807, 2.05) is 11.7 Å². The Morgan fingerprint density at radius 1 is 1.05 bits per heavy atom. The normalized spacial score (nSPS) is 26.4. The number of aryl methyl sites for hydroxylation is 2. The van der Waals surface area contributed by atoms with Crippen LogP contribution < -0.4 is 5.32 Å². The molecule has 0 saturated heterocycles. The third kappa shape index (κ3) is 2.59. The topological polar surface area (TPSA) is 29.9 Å². The van der Waals surface area contributed by atoms with Gasteiger partial charge in [-0.1, -0.05) is 12.1 Å². The molecule has 0 spiro atoms. The van der Waals surface area contributed by atoms with Gasteiger partial charge in [0.15, 0.2) is 0 Å². The maximum Gasteiger partial charge on any atom is 0.0955 e. The van der Waals surface area contributed by atoms with Gasteiger partial charge >= 0.3 is 0 Å². The number of rotatable bonds is 3. The molecule has 0 radical (unpaired) electrons. The van der Waals surface area contributed by atoms with Gasteiger partial charge in [0.25, 0.3) is 0 Å². The highest BCUT2D eigenvalue weighted by Crippen LogP contribution is 2.37. The Bertz CT molecular complexity index is 646. The lowest BCUT2D eigenvalue weighted by Gasteiger charge is -2.30. The van der Waals surface area contributed by atoms with E-state index in [1.54, 1.807) is 0 Å². The van der Waals surface area contributed by atoms with E-state index in [2.05, 4.69) is 35.7 Å². The highest BCUT2D eigenvalue weighted by molar-refractivity contribution is 5.85. The summed E-state index contributed by atoms with van der Waals surface area (Å²) in [6, 6.07) is 6.21. The second-order valence-electron chi connectivity index (χ2n) is 7.03. The number of nitrogens with one attached hydrogen (secondary N) is 1. The Morgan fingerprint density at radius 3 is 2.38 bits per heavy atom. The third-order valence-electron chi connectivity index (χ3n) is 5.24. The molecule has 3 heteroatoms. The third-order valence-corrected chi connectivity index (χ3v) is 5.24. The summed E-state index contributed by atoms with van der Waals surface area (Å²) >= 11 is 0. The Hall–Kier alpha value is -1.35. The Labute approximate surface area is 126 Å². The van der Waals surface area contributed by atoms with Crippen LogP contribution in [0.15, 0.2) is 18.3 Å². The van der Waals surface area contributed by atoms with E-state index >= 15 is 0 Å². The van der Waals surface area contributed by atoms with E-state index in [9.17, 15) is 0 Å². The van der Waals surface area contributed by atoms with Gasteiger partial charge in [0.1, 0.15) is 0 Å². The summed E-state index contributed by atoms with van der Waals surface area (Å²) in [5.74, 6) is 0.717. The van der Waals surface area contributed by atoms with Crippen LogP contribution in [0, 0.1) is 6.92 Å². The van der Waals surface area contributed by atoms with E-state index in [0.29, 0.717) is 0 Å². The van der Waals surface area contributed by atoms with Crippen LogP contribution >= 0.6 is 0 Å². The van der Waals surface area contributed by atoms with Gasteiger partial charge in [0.05, 0.1) is 5.52 Å². The first kappa shape index (κ1) is 13.3. The van der Waals surface area contributed by atoms with Crippen LogP contribution in [-0.2, 0) is 7.05 Å². The first-order valence-electron chi connectivity index (χ1n) is 8.39. The molecule has 2 aliphatic rings. The van der Waals surface area contributed by atoms with E-state index in [1.165, 1.54) is 60.6 Å². The summed E-state index contributed by atoms with van der Waals surface area (Å²) in [6.07, 6.45) is 10.3. The fourth-order valence-corrected chi connectivity index (χ4v) is 3.88. The van der Waals surface area contributed by atoms with Crippen molar-refractivity contribution < 1.29 is 0 Å². The van der Waals surface area contributed by atoms with E-state index in [0.717, 1.165) is 18.0 Å². The molecule has 2 aromatic rings. The summed E-state index contributed by atoms with van der Waals surface area (Å²) in [5, 5.41) is 9.81. The zero-order valence-electron chi connectivity index (χ0n) is 13.1. The van der Waals surface area contributed by atoms with Crippen molar-refractivity contribution in [2.24, 2.45) is 7.05 Å². The van der Waals surface area contributed by atoms with Gasteiger partial charge in [0, 0.05) is 30.7 Å². The van der Waals surface area contributed by atoms with Crippen LogP contribution in [0.3, 0.4) is 0 Å². The molecule has 0 unspecified atom stereocenters. The van der Waals surface area contributed by atoms with Crippen molar-refractivity contribution in [3.63, 3.8) is 0 Å². The molecular formula is C18H25N3. The van der Waals surface area contributed by atoms with Crippen LogP contribution in [0.4, 0.5) is 0 Å². The fraction of sp³-hybridized carbons (Fsp3) is 0.611. The van der Waals surface area contributed by atoms with Gasteiger partial charge in [-0.3, -0.25) is 4.68 Å². The molecule has 2 fully saturated rings. The van der Waals surface area contributed by atoms with Crippen LogP contribution in [0.2, 0.25) is 0 Å². The van der Waals surface area contributed by atoms with Crippen molar-refractivity contribution in [1.29, 1.82) is 0 Å². The van der Waals surface area contributed by atoms with Crippen molar-refractivity contribution in [2.45, 2.75) is 63.5 Å². The molecule has 2 aliphatic carbocycles. The van der Waals surface area contributed by atoms with Gasteiger partial charge in [0.2, 0.25) is 0 Å². The number of hydrogen-bond acceptors (Lipinski definition) is 2. The van der Waals surface area contributed by atoms with Crippen LogP contribution in [0.25, 0.3) is 10.9 Å². The van der Waals surface area contributed by atoms with Gasteiger partial charge in [-0.15, -0.1) is 0 Å². The molecule has 3 nitrogen and oxygen atoms in total. The molecule has 0 aliphatic heterocycles. The maximum absolute atomic E-state index is 4.64. The predicted molar refractivity (Wildman–Crippen MR) is 86.6 cm³/mol. The summed E-state index contributed by atoms with van der Waals surface area (Å²) in [7, 11) is 2.03. The van der Waals surface area contributed by atoms with Crippen LogP contribution in [-0.4, -0.2) is 21.9 Å². The average molecular weight is 283 g/mol. The highest BCUT2D eigenvalue weighted by Gasteiger charge is 2.29. The Kier molecular flexibility index (Phi) is 3.26. The molecule has 4 rings (SSSR count). The number of hydrogen-bond donors (Lipinski definition) is 1. The molecule has 1 heterocycles. The minimum absolute atomic E-state index is 0.717. The second-order valence-corrected chi connectivity index (χ2v) is 7.03. The minimum Gasteiger partial charge on any atom is -0.311 e. The predicted octanol–water partition coefficient (Wildman–Crippen LogP) is 3.66. The second kappa shape index (κ2) is 5.13. The van der Waals surface area contributed by atoms with Gasteiger partial charge in [-0.25, -0.2) is 0 Å². The largest absolute Gasteiger partial charge is 0.311 e. The molecule has 112 valence electrons. The van der Waals surface area contributed by atoms with Crippen molar-refractivity contribution in [2.75, 3.05) is 0 Å². The summed E-state index contributed by atoms with van der Waals surface area (Å²) in [6.45, 7) is 2.16. The molecule has 0 amide bonds. The first-order chi connectivity index (χ1) is 10.2. The number of fused-ring (bicyclic) bond motifs is 1. The molecule has 0 bridgehead atoms. The minimum atomic E-state index is 0.717. The average Bonchev–Trinajstić information content (AvgIpc) is 3.20.